The molecule has 0 saturated heterocycles. The van der Waals surface area contributed by atoms with Crippen molar-refractivity contribution >= 4 is 32.8 Å². The third-order valence-corrected chi connectivity index (χ3v) is 3.34. The number of nitrogens with two attached hydrogens (primary N) is 1. The van der Waals surface area contributed by atoms with Crippen molar-refractivity contribution in [1.29, 1.82) is 0 Å². The molecule has 2 aromatic rings. The van der Waals surface area contributed by atoms with E-state index in [1.54, 1.807) is 6.92 Å². The van der Waals surface area contributed by atoms with E-state index in [0.717, 1.165) is 0 Å². The van der Waals surface area contributed by atoms with E-state index in [1.165, 1.54) is 12.6 Å². The van der Waals surface area contributed by atoms with Crippen molar-refractivity contribution in [3.05, 3.63) is 6.33 Å². The van der Waals surface area contributed by atoms with Gasteiger partial charge in [0.05, 0.1) is 12.1 Å². The summed E-state index contributed by atoms with van der Waals surface area (Å²) in [5.74, 6) is 0.543. The van der Waals surface area contributed by atoms with Gasteiger partial charge in [-0.3, -0.25) is 0 Å². The molecule has 0 bridgehead atoms. The van der Waals surface area contributed by atoms with E-state index in [0.29, 0.717) is 17.0 Å². The Morgan fingerprint density at radius 3 is 2.89 bits per heavy atom. The highest BCUT2D eigenvalue weighted by Gasteiger charge is 2.14. The molecule has 2 aromatic heterocycles. The minimum atomic E-state index is -3.06. The summed E-state index contributed by atoms with van der Waals surface area (Å²) < 4.78 is 22.4. The van der Waals surface area contributed by atoms with Crippen molar-refractivity contribution in [3.8, 4) is 0 Å². The Kier molecular flexibility index (Phi) is 3.07. The van der Waals surface area contributed by atoms with Crippen LogP contribution >= 0.6 is 0 Å². The smallest absolute Gasteiger partial charge is 0.224 e. The minimum Gasteiger partial charge on any atom is -0.368 e. The number of sulfone groups is 1. The highest BCUT2D eigenvalue weighted by atomic mass is 32.2. The van der Waals surface area contributed by atoms with Crippen LogP contribution in [0, 0.1) is 0 Å². The number of nitrogens with zero attached hydrogens (tertiary/aromatic N) is 3. The average Bonchev–Trinajstić information content (AvgIpc) is 2.61. The lowest BCUT2D eigenvalue weighted by Crippen LogP contribution is -2.25. The number of hydrogen-bond acceptors (Lipinski definition) is 7. The molecule has 0 aliphatic heterocycles. The van der Waals surface area contributed by atoms with E-state index < -0.39 is 9.84 Å². The number of anilines is 2. The molecule has 9 heteroatoms. The summed E-state index contributed by atoms with van der Waals surface area (Å²) in [7, 11) is -3.06. The molecule has 0 amide bonds. The number of nitrogens with one attached hydrogen (secondary N) is 2. The Morgan fingerprint density at radius 2 is 2.22 bits per heavy atom. The second-order valence-corrected chi connectivity index (χ2v) is 6.35. The lowest BCUT2D eigenvalue weighted by atomic mass is 10.3. The fourth-order valence-electron chi connectivity index (χ4n) is 1.68. The van der Waals surface area contributed by atoms with Gasteiger partial charge in [-0.25, -0.2) is 13.4 Å². The standard InChI is InChI=1S/C9H14N6O2S/c1-5(3-18(2,16)17)13-8-6-7(12-4-11-6)14-9(10)15-8/h4-5H,3H2,1-2H3,(H4,10,11,12,13,14,15). The number of H-pyrrole nitrogens is 1. The molecule has 2 rings (SSSR count). The van der Waals surface area contributed by atoms with Crippen molar-refractivity contribution in [2.45, 2.75) is 13.0 Å². The molecule has 0 spiro atoms. The molecule has 0 aromatic carbocycles. The summed E-state index contributed by atoms with van der Waals surface area (Å²) in [6.45, 7) is 1.75. The summed E-state index contributed by atoms with van der Waals surface area (Å²) in [5, 5.41) is 2.99. The predicted octanol–water partition coefficient (Wildman–Crippen LogP) is -0.220. The Morgan fingerprint density at radius 1 is 1.50 bits per heavy atom. The zero-order valence-corrected chi connectivity index (χ0v) is 10.8. The Hall–Kier alpha value is -1.90. The molecular formula is C9H14N6O2S. The van der Waals surface area contributed by atoms with Crippen LogP contribution in [0.5, 0.6) is 0 Å². The number of rotatable bonds is 4. The third-order valence-electron chi connectivity index (χ3n) is 2.24. The van der Waals surface area contributed by atoms with Crippen LogP contribution in [-0.4, -0.2) is 46.4 Å². The SMILES string of the molecule is CC(CS(C)(=O)=O)Nc1nc(N)nc2nc[nH]c12. The first-order chi connectivity index (χ1) is 8.35. The van der Waals surface area contributed by atoms with Crippen LogP contribution in [0.2, 0.25) is 0 Å². The van der Waals surface area contributed by atoms with Gasteiger partial charge in [0, 0.05) is 12.3 Å². The molecule has 0 aliphatic rings. The van der Waals surface area contributed by atoms with E-state index in [1.807, 2.05) is 0 Å². The molecule has 2 heterocycles. The normalized spacial score (nSPS) is 13.7. The first-order valence-corrected chi connectivity index (χ1v) is 7.32. The number of aromatic nitrogens is 4. The molecule has 98 valence electrons. The first kappa shape index (κ1) is 12.6. The summed E-state index contributed by atoms with van der Waals surface area (Å²) in [4.78, 5) is 14.8. The summed E-state index contributed by atoms with van der Waals surface area (Å²) >= 11 is 0. The largest absolute Gasteiger partial charge is 0.368 e. The Balaban J connectivity index is 2.28. The molecule has 4 N–H and O–H groups in total. The van der Waals surface area contributed by atoms with Crippen molar-refractivity contribution in [3.63, 3.8) is 0 Å². The van der Waals surface area contributed by atoms with E-state index in [9.17, 15) is 8.42 Å². The van der Waals surface area contributed by atoms with Crippen LogP contribution in [0.25, 0.3) is 11.2 Å². The number of aromatic amines is 1. The summed E-state index contributed by atoms with van der Waals surface area (Å²) in [6, 6.07) is -0.291. The number of nitrogen functional groups attached to an aromatic ring is 1. The lowest BCUT2D eigenvalue weighted by molar-refractivity contribution is 0.598. The molecule has 0 aliphatic carbocycles. The third kappa shape index (κ3) is 2.86. The summed E-state index contributed by atoms with van der Waals surface area (Å²) in [5.41, 5.74) is 6.60. The van der Waals surface area contributed by atoms with Crippen LogP contribution in [0.15, 0.2) is 6.33 Å². The van der Waals surface area contributed by atoms with Gasteiger partial charge >= 0.3 is 0 Å². The van der Waals surface area contributed by atoms with Crippen LogP contribution in [0.1, 0.15) is 6.92 Å². The van der Waals surface area contributed by atoms with Crippen LogP contribution in [0.4, 0.5) is 11.8 Å². The van der Waals surface area contributed by atoms with E-state index >= 15 is 0 Å². The fraction of sp³-hybridized carbons (Fsp3) is 0.444. The number of imidazole rings is 1. The first-order valence-electron chi connectivity index (χ1n) is 5.26. The monoisotopic (exact) mass is 270 g/mol. The molecule has 1 atom stereocenters. The van der Waals surface area contributed by atoms with Crippen molar-refractivity contribution in [2.75, 3.05) is 23.1 Å². The lowest BCUT2D eigenvalue weighted by Gasteiger charge is -2.13. The molecule has 0 radical (unpaired) electrons. The fourth-order valence-corrected chi connectivity index (χ4v) is 2.68. The Bertz CT molecular complexity index is 665. The summed E-state index contributed by atoms with van der Waals surface area (Å²) in [6.07, 6.45) is 2.66. The maximum Gasteiger partial charge on any atom is 0.224 e. The van der Waals surface area contributed by atoms with E-state index in [2.05, 4.69) is 25.3 Å². The molecule has 18 heavy (non-hydrogen) atoms. The van der Waals surface area contributed by atoms with Crippen molar-refractivity contribution < 1.29 is 8.42 Å². The second-order valence-electron chi connectivity index (χ2n) is 4.17. The van der Waals surface area contributed by atoms with Gasteiger partial charge in [-0.05, 0) is 6.92 Å². The number of hydrogen-bond donors (Lipinski definition) is 3. The van der Waals surface area contributed by atoms with Crippen molar-refractivity contribution in [1.82, 2.24) is 19.9 Å². The zero-order chi connectivity index (χ0) is 13.3. The molecule has 1 unspecified atom stereocenters. The quantitative estimate of drug-likeness (QED) is 0.700. The van der Waals surface area contributed by atoms with Crippen LogP contribution < -0.4 is 11.1 Å². The van der Waals surface area contributed by atoms with Gasteiger partial charge in [0.1, 0.15) is 15.4 Å². The van der Waals surface area contributed by atoms with Gasteiger partial charge in [0.25, 0.3) is 0 Å². The van der Waals surface area contributed by atoms with Crippen molar-refractivity contribution in [2.24, 2.45) is 0 Å². The molecule has 0 fully saturated rings. The van der Waals surface area contributed by atoms with Crippen LogP contribution in [-0.2, 0) is 9.84 Å². The zero-order valence-electron chi connectivity index (χ0n) is 10.0. The van der Waals surface area contributed by atoms with Gasteiger partial charge in [0.2, 0.25) is 5.95 Å². The molecular weight excluding hydrogens is 256 g/mol. The van der Waals surface area contributed by atoms with Gasteiger partial charge in [-0.1, -0.05) is 0 Å². The highest BCUT2D eigenvalue weighted by Crippen LogP contribution is 2.18. The topological polar surface area (TPSA) is 127 Å². The van der Waals surface area contributed by atoms with E-state index in [-0.39, 0.29) is 17.7 Å². The van der Waals surface area contributed by atoms with Gasteiger partial charge in [-0.15, -0.1) is 0 Å². The van der Waals surface area contributed by atoms with Crippen LogP contribution in [0.3, 0.4) is 0 Å². The molecule has 0 saturated carbocycles. The van der Waals surface area contributed by atoms with Gasteiger partial charge in [-0.2, -0.15) is 9.97 Å². The predicted molar refractivity (Wildman–Crippen MR) is 68.9 cm³/mol. The molecule has 8 nitrogen and oxygen atoms in total. The van der Waals surface area contributed by atoms with E-state index in [4.69, 9.17) is 5.73 Å². The maximum absolute atomic E-state index is 11.2. The van der Waals surface area contributed by atoms with Gasteiger partial charge < -0.3 is 16.0 Å². The minimum absolute atomic E-state index is 0.00649. The highest BCUT2D eigenvalue weighted by molar-refractivity contribution is 7.90. The Labute approximate surface area is 104 Å². The number of fused-ring (bicyclic) bond motifs is 1. The van der Waals surface area contributed by atoms with Gasteiger partial charge in [0.15, 0.2) is 11.5 Å². The maximum atomic E-state index is 11.2. The average molecular weight is 270 g/mol. The second kappa shape index (κ2) is 4.41.